The summed E-state index contributed by atoms with van der Waals surface area (Å²) in [4.78, 5) is 26.6. The van der Waals surface area contributed by atoms with Crippen LogP contribution in [0, 0.1) is 5.92 Å². The Balaban J connectivity index is 1.47. The van der Waals surface area contributed by atoms with Crippen molar-refractivity contribution < 1.29 is 27.5 Å². The second-order valence-electron chi connectivity index (χ2n) is 8.98. The Morgan fingerprint density at radius 3 is 2.56 bits per heavy atom. The average molecular weight is 488 g/mol. The summed E-state index contributed by atoms with van der Waals surface area (Å²) in [5.41, 5.74) is 2.32. The molecular weight excluding hydrogens is 458 g/mol. The predicted octanol–water partition coefficient (Wildman–Crippen LogP) is 2.33. The monoisotopic (exact) mass is 487 g/mol. The van der Waals surface area contributed by atoms with Crippen LogP contribution in [0.25, 0.3) is 0 Å². The van der Waals surface area contributed by atoms with Crippen LogP contribution >= 0.6 is 0 Å². The highest BCUT2D eigenvalue weighted by atomic mass is 32.2. The molecule has 0 fully saturated rings. The molecule has 0 bridgehead atoms. The fourth-order valence-corrected chi connectivity index (χ4v) is 5.73. The summed E-state index contributed by atoms with van der Waals surface area (Å²) in [7, 11) is -3.97. The first kappa shape index (κ1) is 24.0. The van der Waals surface area contributed by atoms with Gasteiger partial charge in [0.15, 0.2) is 11.5 Å². The molecule has 4 rings (SSSR count). The lowest BCUT2D eigenvalue weighted by molar-refractivity contribution is -0.123. The molecule has 2 N–H and O–H groups in total. The smallest absolute Gasteiger partial charge is 0.241 e. The fraction of sp³-hybridized carbons (Fsp3) is 0.417. The molecule has 2 heterocycles. The number of nitrogens with one attached hydrogen (secondary N) is 2. The normalized spacial score (nSPS) is 17.6. The summed E-state index contributed by atoms with van der Waals surface area (Å²) in [5.74, 6) is 0.474. The molecule has 0 saturated carbocycles. The Labute approximate surface area is 199 Å². The molecule has 0 aromatic heterocycles. The minimum absolute atomic E-state index is 0.0382. The predicted molar refractivity (Wildman–Crippen MR) is 126 cm³/mol. The molecule has 10 heteroatoms. The first-order valence-corrected chi connectivity index (χ1v) is 12.7. The van der Waals surface area contributed by atoms with Crippen molar-refractivity contribution in [3.63, 3.8) is 0 Å². The van der Waals surface area contributed by atoms with E-state index >= 15 is 0 Å². The van der Waals surface area contributed by atoms with Crippen LogP contribution in [0.15, 0.2) is 41.3 Å². The van der Waals surface area contributed by atoms with Gasteiger partial charge in [-0.1, -0.05) is 19.9 Å². The van der Waals surface area contributed by atoms with E-state index in [4.69, 9.17) is 9.47 Å². The fourth-order valence-electron chi connectivity index (χ4n) is 4.33. The zero-order valence-corrected chi connectivity index (χ0v) is 20.4. The molecule has 2 amide bonds. The zero-order chi connectivity index (χ0) is 24.6. The van der Waals surface area contributed by atoms with E-state index in [1.165, 1.54) is 13.0 Å². The first-order chi connectivity index (χ1) is 16.1. The maximum absolute atomic E-state index is 13.1. The Kier molecular flexibility index (Phi) is 6.55. The van der Waals surface area contributed by atoms with Crippen LogP contribution in [0.1, 0.15) is 38.8 Å². The van der Waals surface area contributed by atoms with Crippen LogP contribution in [0.3, 0.4) is 0 Å². The maximum atomic E-state index is 13.1. The van der Waals surface area contributed by atoms with Gasteiger partial charge in [-0.2, -0.15) is 4.72 Å². The molecule has 0 radical (unpaired) electrons. The quantitative estimate of drug-likeness (QED) is 0.620. The van der Waals surface area contributed by atoms with Gasteiger partial charge in [0, 0.05) is 25.2 Å². The van der Waals surface area contributed by atoms with Gasteiger partial charge in [-0.3, -0.25) is 9.59 Å². The lowest BCUT2D eigenvalue weighted by atomic mass is 10.0. The topological polar surface area (TPSA) is 114 Å². The van der Waals surface area contributed by atoms with E-state index in [2.05, 4.69) is 10.0 Å². The Hall–Kier alpha value is -3.11. The van der Waals surface area contributed by atoms with E-state index in [0.29, 0.717) is 17.9 Å². The third-order valence-corrected chi connectivity index (χ3v) is 7.49. The number of nitrogens with zero attached hydrogens (tertiary/aromatic N) is 1. The highest BCUT2D eigenvalue weighted by molar-refractivity contribution is 7.89. The third-order valence-electron chi connectivity index (χ3n) is 6.05. The minimum Gasteiger partial charge on any atom is -0.454 e. The summed E-state index contributed by atoms with van der Waals surface area (Å²) in [6.07, 6.45) is 0.571. The lowest BCUT2D eigenvalue weighted by Crippen LogP contribution is -2.49. The van der Waals surface area contributed by atoms with Gasteiger partial charge in [-0.15, -0.1) is 0 Å². The third kappa shape index (κ3) is 4.74. The Morgan fingerprint density at radius 1 is 1.12 bits per heavy atom. The molecule has 182 valence electrons. The molecule has 34 heavy (non-hydrogen) atoms. The number of sulfonamides is 1. The van der Waals surface area contributed by atoms with Gasteiger partial charge in [0.25, 0.3) is 0 Å². The van der Waals surface area contributed by atoms with Gasteiger partial charge in [0.05, 0.1) is 4.90 Å². The summed E-state index contributed by atoms with van der Waals surface area (Å²) in [5, 5.41) is 2.80. The SMILES string of the molecule is CC(=O)N1c2ccc(S(=O)(=O)NC(C(=O)NCc3ccc4c(c3)OCO4)C(C)C)cc2CC1C. The number of hydrogen-bond acceptors (Lipinski definition) is 6. The lowest BCUT2D eigenvalue weighted by Gasteiger charge is -2.22. The first-order valence-electron chi connectivity index (χ1n) is 11.2. The van der Waals surface area contributed by atoms with E-state index in [1.54, 1.807) is 43.0 Å². The van der Waals surface area contributed by atoms with Crippen molar-refractivity contribution in [2.24, 2.45) is 5.92 Å². The maximum Gasteiger partial charge on any atom is 0.241 e. The largest absolute Gasteiger partial charge is 0.454 e. The molecular formula is C24H29N3O6S. The molecule has 2 aromatic carbocycles. The van der Waals surface area contributed by atoms with E-state index < -0.39 is 22.0 Å². The number of benzene rings is 2. The molecule has 0 aliphatic carbocycles. The summed E-state index contributed by atoms with van der Waals surface area (Å²) >= 11 is 0. The highest BCUT2D eigenvalue weighted by Crippen LogP contribution is 2.34. The van der Waals surface area contributed by atoms with Crippen molar-refractivity contribution in [2.75, 3.05) is 11.7 Å². The second kappa shape index (κ2) is 9.27. The van der Waals surface area contributed by atoms with Crippen LogP contribution in [-0.4, -0.2) is 39.1 Å². The number of ether oxygens (including phenoxy) is 2. The van der Waals surface area contributed by atoms with Crippen molar-refractivity contribution in [1.82, 2.24) is 10.0 Å². The van der Waals surface area contributed by atoms with E-state index in [9.17, 15) is 18.0 Å². The minimum atomic E-state index is -3.97. The van der Waals surface area contributed by atoms with Crippen molar-refractivity contribution in [1.29, 1.82) is 0 Å². The molecule has 0 spiro atoms. The molecule has 9 nitrogen and oxygen atoms in total. The van der Waals surface area contributed by atoms with Crippen molar-refractivity contribution >= 4 is 27.5 Å². The van der Waals surface area contributed by atoms with Crippen LogP contribution in [0.2, 0.25) is 0 Å². The number of rotatable bonds is 7. The van der Waals surface area contributed by atoms with Crippen molar-refractivity contribution in [2.45, 2.75) is 57.6 Å². The van der Waals surface area contributed by atoms with Crippen LogP contribution in [0.5, 0.6) is 11.5 Å². The molecule has 2 atom stereocenters. The van der Waals surface area contributed by atoms with Crippen LogP contribution in [0.4, 0.5) is 5.69 Å². The number of anilines is 1. The van der Waals surface area contributed by atoms with E-state index in [0.717, 1.165) is 16.8 Å². The zero-order valence-electron chi connectivity index (χ0n) is 19.6. The number of carbonyl (C=O) groups excluding carboxylic acids is 2. The van der Waals surface area contributed by atoms with E-state index in [-0.39, 0.29) is 36.1 Å². The van der Waals surface area contributed by atoms with E-state index in [1.807, 2.05) is 13.0 Å². The van der Waals surface area contributed by atoms with Crippen LogP contribution < -0.4 is 24.4 Å². The van der Waals surface area contributed by atoms with Gasteiger partial charge in [0.1, 0.15) is 6.04 Å². The summed E-state index contributed by atoms with van der Waals surface area (Å²) < 4.78 is 39.5. The Morgan fingerprint density at radius 2 is 1.85 bits per heavy atom. The number of fused-ring (bicyclic) bond motifs is 2. The molecule has 2 aromatic rings. The standard InChI is InChI=1S/C24H29N3O6S/c1-14(2)23(24(29)25-12-17-5-8-21-22(10-17)33-13-32-21)26-34(30,31)19-6-7-20-18(11-19)9-15(3)27(20)16(4)28/h5-8,10-11,14-15,23,26H,9,12-13H2,1-4H3,(H,25,29). The second-order valence-corrected chi connectivity index (χ2v) is 10.7. The summed E-state index contributed by atoms with van der Waals surface area (Å²) in [6, 6.07) is 9.08. The molecule has 0 saturated heterocycles. The van der Waals surface area contributed by atoms with Gasteiger partial charge in [-0.25, -0.2) is 8.42 Å². The van der Waals surface area contributed by atoms with Gasteiger partial charge < -0.3 is 19.7 Å². The van der Waals surface area contributed by atoms with Crippen LogP contribution in [-0.2, 0) is 32.6 Å². The highest BCUT2D eigenvalue weighted by Gasteiger charge is 2.32. The number of amides is 2. The Bertz CT molecular complexity index is 1230. The van der Waals surface area contributed by atoms with Gasteiger partial charge in [-0.05, 0) is 60.7 Å². The van der Waals surface area contributed by atoms with Gasteiger partial charge in [0.2, 0.25) is 28.6 Å². The average Bonchev–Trinajstić information content (AvgIpc) is 3.37. The van der Waals surface area contributed by atoms with Crippen molar-refractivity contribution in [3.8, 4) is 11.5 Å². The van der Waals surface area contributed by atoms with Gasteiger partial charge >= 0.3 is 0 Å². The molecule has 2 unspecified atom stereocenters. The molecule has 2 aliphatic heterocycles. The number of carbonyl (C=O) groups is 2. The van der Waals surface area contributed by atoms with Crippen molar-refractivity contribution in [3.05, 3.63) is 47.5 Å². The summed E-state index contributed by atoms with van der Waals surface area (Å²) in [6.45, 7) is 7.36. The molecule has 2 aliphatic rings. The number of hydrogen-bond donors (Lipinski definition) is 2.